The average molecular weight is 206 g/mol. The van der Waals surface area contributed by atoms with Gasteiger partial charge in [-0.1, -0.05) is 13.8 Å². The maximum absolute atomic E-state index is 11.7. The van der Waals surface area contributed by atoms with E-state index in [-0.39, 0.29) is 23.1 Å². The van der Waals surface area contributed by atoms with E-state index in [4.69, 9.17) is 0 Å². The van der Waals surface area contributed by atoms with E-state index < -0.39 is 0 Å². The molecule has 1 saturated carbocycles. The zero-order valence-corrected chi connectivity index (χ0v) is 8.82. The molecule has 1 aromatic rings. The molecule has 15 heavy (non-hydrogen) atoms. The van der Waals surface area contributed by atoms with Gasteiger partial charge in [-0.15, -0.1) is 0 Å². The highest BCUT2D eigenvalue weighted by Crippen LogP contribution is 2.44. The van der Waals surface area contributed by atoms with Gasteiger partial charge in [-0.3, -0.25) is 9.78 Å². The van der Waals surface area contributed by atoms with Gasteiger partial charge < -0.3 is 10.4 Å². The van der Waals surface area contributed by atoms with Crippen LogP contribution < -0.4 is 5.32 Å². The van der Waals surface area contributed by atoms with Gasteiger partial charge >= 0.3 is 0 Å². The van der Waals surface area contributed by atoms with E-state index in [1.807, 2.05) is 0 Å². The van der Waals surface area contributed by atoms with Gasteiger partial charge in [0.1, 0.15) is 5.75 Å². The normalized spacial score (nSPS) is 22.1. The van der Waals surface area contributed by atoms with E-state index in [1.165, 1.54) is 18.5 Å². The summed E-state index contributed by atoms with van der Waals surface area (Å²) in [4.78, 5) is 15.4. The molecule has 1 fully saturated rings. The highest BCUT2D eigenvalue weighted by atomic mass is 16.3. The van der Waals surface area contributed by atoms with Crippen LogP contribution in [0.5, 0.6) is 5.75 Å². The van der Waals surface area contributed by atoms with Crippen LogP contribution in [-0.4, -0.2) is 22.0 Å². The fourth-order valence-corrected chi connectivity index (χ4v) is 1.51. The zero-order chi connectivity index (χ0) is 11.1. The lowest BCUT2D eigenvalue weighted by atomic mass is 10.2. The predicted octanol–water partition coefficient (Wildman–Crippen LogP) is 1.32. The highest BCUT2D eigenvalue weighted by molar-refractivity contribution is 5.94. The molecular weight excluding hydrogens is 192 g/mol. The first kappa shape index (κ1) is 9.96. The van der Waals surface area contributed by atoms with Crippen molar-refractivity contribution in [2.75, 3.05) is 0 Å². The number of aromatic nitrogens is 1. The Labute approximate surface area is 88.3 Å². The first-order chi connectivity index (χ1) is 6.99. The van der Waals surface area contributed by atoms with Gasteiger partial charge in [0.25, 0.3) is 5.91 Å². The average Bonchev–Trinajstić information content (AvgIpc) is 2.73. The molecule has 1 atom stereocenters. The third-order valence-corrected chi connectivity index (χ3v) is 2.80. The second-order valence-corrected chi connectivity index (χ2v) is 4.65. The molecule has 0 spiro atoms. The Balaban J connectivity index is 2.03. The van der Waals surface area contributed by atoms with Gasteiger partial charge in [0, 0.05) is 12.2 Å². The number of hydrogen-bond donors (Lipinski definition) is 2. The van der Waals surface area contributed by atoms with Gasteiger partial charge in [-0.05, 0) is 17.9 Å². The minimum Gasteiger partial charge on any atom is -0.506 e. The Hall–Kier alpha value is -1.58. The molecule has 1 heterocycles. The topological polar surface area (TPSA) is 62.2 Å². The van der Waals surface area contributed by atoms with Crippen molar-refractivity contribution >= 4 is 5.91 Å². The maximum Gasteiger partial charge on any atom is 0.253 e. The summed E-state index contributed by atoms with van der Waals surface area (Å²) < 4.78 is 0. The Morgan fingerprint density at radius 2 is 2.27 bits per heavy atom. The minimum atomic E-state index is -0.172. The lowest BCUT2D eigenvalue weighted by Gasteiger charge is -2.06. The number of pyridine rings is 1. The van der Waals surface area contributed by atoms with Crippen molar-refractivity contribution in [3.8, 4) is 5.75 Å². The van der Waals surface area contributed by atoms with Crippen LogP contribution in [0.1, 0.15) is 30.6 Å². The number of rotatable bonds is 2. The molecule has 1 unspecified atom stereocenters. The fraction of sp³-hybridized carbons (Fsp3) is 0.455. The standard InChI is InChI=1S/C11H14N2O2/c1-11(2)4-9(11)13-10(15)7-3-8(14)6-12-5-7/h3,5-6,9,14H,4H2,1-2H3,(H,13,15). The van der Waals surface area contributed by atoms with Crippen LogP contribution in [0.4, 0.5) is 0 Å². The van der Waals surface area contributed by atoms with Crippen LogP contribution in [0.25, 0.3) is 0 Å². The quantitative estimate of drug-likeness (QED) is 0.767. The van der Waals surface area contributed by atoms with Crippen LogP contribution in [0.3, 0.4) is 0 Å². The molecule has 0 aliphatic heterocycles. The van der Waals surface area contributed by atoms with E-state index in [1.54, 1.807) is 0 Å². The molecule has 2 rings (SSSR count). The minimum absolute atomic E-state index is 0.0118. The van der Waals surface area contributed by atoms with Crippen molar-refractivity contribution in [3.05, 3.63) is 24.0 Å². The van der Waals surface area contributed by atoms with Gasteiger partial charge in [0.2, 0.25) is 0 Å². The molecule has 0 bridgehead atoms. The molecule has 80 valence electrons. The van der Waals surface area contributed by atoms with Crippen molar-refractivity contribution in [3.63, 3.8) is 0 Å². The first-order valence-electron chi connectivity index (χ1n) is 4.94. The summed E-state index contributed by atoms with van der Waals surface area (Å²) in [6, 6.07) is 1.66. The van der Waals surface area contributed by atoms with E-state index in [0.29, 0.717) is 5.56 Å². The van der Waals surface area contributed by atoms with E-state index in [9.17, 15) is 9.90 Å². The lowest BCUT2D eigenvalue weighted by Crippen LogP contribution is -2.28. The largest absolute Gasteiger partial charge is 0.506 e. The molecule has 0 radical (unpaired) electrons. The second kappa shape index (κ2) is 3.22. The van der Waals surface area contributed by atoms with Gasteiger partial charge in [-0.25, -0.2) is 0 Å². The Bertz CT molecular complexity index is 401. The number of amides is 1. The SMILES string of the molecule is CC1(C)CC1NC(=O)c1cncc(O)c1. The summed E-state index contributed by atoms with van der Waals surface area (Å²) in [5, 5.41) is 12.1. The molecule has 1 amide bonds. The lowest BCUT2D eigenvalue weighted by molar-refractivity contribution is 0.0945. The molecule has 4 heteroatoms. The van der Waals surface area contributed by atoms with Crippen LogP contribution in [-0.2, 0) is 0 Å². The third kappa shape index (κ3) is 2.09. The van der Waals surface area contributed by atoms with Crippen LogP contribution >= 0.6 is 0 Å². The van der Waals surface area contributed by atoms with Crippen LogP contribution in [0.2, 0.25) is 0 Å². The molecular formula is C11H14N2O2. The molecule has 0 saturated heterocycles. The Morgan fingerprint density at radius 1 is 1.60 bits per heavy atom. The van der Waals surface area contributed by atoms with Crippen molar-refractivity contribution in [1.82, 2.24) is 10.3 Å². The van der Waals surface area contributed by atoms with Crippen LogP contribution in [0.15, 0.2) is 18.5 Å². The fourth-order valence-electron chi connectivity index (χ4n) is 1.51. The molecule has 1 aromatic heterocycles. The van der Waals surface area contributed by atoms with Crippen molar-refractivity contribution in [1.29, 1.82) is 0 Å². The van der Waals surface area contributed by atoms with Crippen molar-refractivity contribution < 1.29 is 9.90 Å². The van der Waals surface area contributed by atoms with Gasteiger partial charge in [-0.2, -0.15) is 0 Å². The molecule has 0 aromatic carbocycles. The summed E-state index contributed by atoms with van der Waals surface area (Å²) in [5.74, 6) is -0.160. The van der Waals surface area contributed by atoms with Crippen LogP contribution in [0, 0.1) is 5.41 Å². The smallest absolute Gasteiger partial charge is 0.253 e. The number of carbonyl (C=O) groups excluding carboxylic acids is 1. The van der Waals surface area contributed by atoms with Crippen molar-refractivity contribution in [2.24, 2.45) is 5.41 Å². The maximum atomic E-state index is 11.7. The summed E-state index contributed by atoms with van der Waals surface area (Å²) in [7, 11) is 0. The first-order valence-corrected chi connectivity index (χ1v) is 4.94. The predicted molar refractivity (Wildman–Crippen MR) is 55.6 cm³/mol. The molecule has 1 aliphatic carbocycles. The summed E-state index contributed by atoms with van der Waals surface area (Å²) in [6.45, 7) is 4.22. The van der Waals surface area contributed by atoms with Crippen molar-refractivity contribution in [2.45, 2.75) is 26.3 Å². The number of nitrogens with one attached hydrogen (secondary N) is 1. The van der Waals surface area contributed by atoms with E-state index >= 15 is 0 Å². The number of aromatic hydroxyl groups is 1. The number of carbonyl (C=O) groups is 1. The monoisotopic (exact) mass is 206 g/mol. The Kier molecular flexibility index (Phi) is 2.14. The van der Waals surface area contributed by atoms with Gasteiger partial charge in [0.15, 0.2) is 0 Å². The molecule has 1 aliphatic rings. The zero-order valence-electron chi connectivity index (χ0n) is 8.82. The molecule has 2 N–H and O–H groups in total. The molecule has 4 nitrogen and oxygen atoms in total. The summed E-state index contributed by atoms with van der Waals surface area (Å²) in [5.41, 5.74) is 0.609. The number of hydrogen-bond acceptors (Lipinski definition) is 3. The summed E-state index contributed by atoms with van der Waals surface area (Å²) in [6.07, 6.45) is 3.76. The van der Waals surface area contributed by atoms with E-state index in [2.05, 4.69) is 24.1 Å². The number of nitrogens with zero attached hydrogens (tertiary/aromatic N) is 1. The summed E-state index contributed by atoms with van der Waals surface area (Å²) >= 11 is 0. The third-order valence-electron chi connectivity index (χ3n) is 2.80. The van der Waals surface area contributed by atoms with Gasteiger partial charge in [0.05, 0.1) is 11.8 Å². The highest BCUT2D eigenvalue weighted by Gasteiger charge is 2.46. The van der Waals surface area contributed by atoms with E-state index in [0.717, 1.165) is 6.42 Å². The second-order valence-electron chi connectivity index (χ2n) is 4.65. The Morgan fingerprint density at radius 3 is 2.80 bits per heavy atom.